The second kappa shape index (κ2) is 9.32. The zero-order valence-corrected chi connectivity index (χ0v) is 19.1. The maximum absolute atomic E-state index is 13.0. The first kappa shape index (κ1) is 22.3. The van der Waals surface area contributed by atoms with E-state index in [1.54, 1.807) is 18.2 Å². The quantitative estimate of drug-likeness (QED) is 0.517. The fraction of sp³-hybridized carbons (Fsp3) is 0.208. The number of ether oxygens (including phenoxy) is 1. The van der Waals surface area contributed by atoms with Gasteiger partial charge in [-0.3, -0.25) is 4.79 Å². The molecule has 0 unspecified atom stereocenters. The van der Waals surface area contributed by atoms with E-state index in [0.29, 0.717) is 30.3 Å². The number of carbonyl (C=O) groups is 1. The molecule has 1 aliphatic heterocycles. The van der Waals surface area contributed by atoms with Gasteiger partial charge in [-0.05, 0) is 62.2 Å². The number of sulfonamides is 1. The summed E-state index contributed by atoms with van der Waals surface area (Å²) in [5.74, 6) is 0.658. The second-order valence-electron chi connectivity index (χ2n) is 7.62. The zero-order chi connectivity index (χ0) is 22.7. The minimum absolute atomic E-state index is 0.0575. The lowest BCUT2D eigenvalue weighted by molar-refractivity contribution is 0.102. The predicted octanol–water partition coefficient (Wildman–Crippen LogP) is 5.48. The van der Waals surface area contributed by atoms with Crippen LogP contribution in [-0.2, 0) is 10.0 Å². The van der Waals surface area contributed by atoms with Crippen LogP contribution in [0.2, 0.25) is 5.02 Å². The number of amides is 1. The molecule has 0 aliphatic carbocycles. The van der Waals surface area contributed by atoms with Gasteiger partial charge in [0.1, 0.15) is 10.6 Å². The highest BCUT2D eigenvalue weighted by Gasteiger charge is 2.29. The van der Waals surface area contributed by atoms with Gasteiger partial charge >= 0.3 is 0 Å². The number of nitrogens with zero attached hydrogens (tertiary/aromatic N) is 1. The summed E-state index contributed by atoms with van der Waals surface area (Å²) in [4.78, 5) is 12.9. The molecule has 0 bridgehead atoms. The minimum Gasteiger partial charge on any atom is -0.455 e. The summed E-state index contributed by atoms with van der Waals surface area (Å²) in [5.41, 5.74) is 1.77. The van der Waals surface area contributed by atoms with Crippen molar-refractivity contribution >= 4 is 33.2 Å². The molecule has 0 atom stereocenters. The fourth-order valence-corrected chi connectivity index (χ4v) is 5.51. The summed E-state index contributed by atoms with van der Waals surface area (Å²) in [6, 6.07) is 18.9. The maximum Gasteiger partial charge on any atom is 0.255 e. The lowest BCUT2D eigenvalue weighted by Gasteiger charge is -2.17. The van der Waals surface area contributed by atoms with Gasteiger partial charge in [0.25, 0.3) is 5.91 Å². The van der Waals surface area contributed by atoms with Gasteiger partial charge in [0.2, 0.25) is 10.0 Å². The van der Waals surface area contributed by atoms with Gasteiger partial charge in [0, 0.05) is 18.7 Å². The third kappa shape index (κ3) is 4.80. The van der Waals surface area contributed by atoms with Crippen molar-refractivity contribution in [2.75, 3.05) is 18.4 Å². The normalized spacial score (nSPS) is 14.3. The van der Waals surface area contributed by atoms with Gasteiger partial charge in [-0.25, -0.2) is 8.42 Å². The van der Waals surface area contributed by atoms with Gasteiger partial charge < -0.3 is 10.1 Å². The molecular weight excluding hydrogens is 448 g/mol. The maximum atomic E-state index is 13.0. The average molecular weight is 471 g/mol. The lowest BCUT2D eigenvalue weighted by Crippen LogP contribution is -2.28. The fourth-order valence-electron chi connectivity index (χ4n) is 3.50. The highest BCUT2D eigenvalue weighted by Crippen LogP contribution is 2.31. The molecule has 3 aromatic rings. The van der Waals surface area contributed by atoms with Gasteiger partial charge in [-0.2, -0.15) is 4.31 Å². The standard InChI is InChI=1S/C24H23ClN2O4S/c1-17-8-11-19(12-9-17)31-22-7-3-2-6-21(22)26-24(28)18-10-13-20(25)23(16-18)32(29,30)27-14-4-5-15-27/h2-3,6-13,16H,4-5,14-15H2,1H3,(H,26,28). The zero-order valence-electron chi connectivity index (χ0n) is 17.5. The van der Waals surface area contributed by atoms with E-state index in [0.717, 1.165) is 18.4 Å². The summed E-state index contributed by atoms with van der Waals surface area (Å²) in [7, 11) is -3.75. The van der Waals surface area contributed by atoms with E-state index in [2.05, 4.69) is 5.32 Å². The lowest BCUT2D eigenvalue weighted by atomic mass is 10.2. The van der Waals surface area contributed by atoms with Crippen LogP contribution in [0.1, 0.15) is 28.8 Å². The van der Waals surface area contributed by atoms with Crippen molar-refractivity contribution in [2.45, 2.75) is 24.7 Å². The molecular formula is C24H23ClN2O4S. The molecule has 4 rings (SSSR count). The van der Waals surface area contributed by atoms with E-state index in [9.17, 15) is 13.2 Å². The molecule has 8 heteroatoms. The Balaban J connectivity index is 1.58. The molecule has 1 saturated heterocycles. The van der Waals surface area contributed by atoms with Crippen LogP contribution in [0.5, 0.6) is 11.5 Å². The molecule has 1 fully saturated rings. The monoisotopic (exact) mass is 470 g/mol. The molecule has 0 radical (unpaired) electrons. The third-order valence-corrected chi connectivity index (χ3v) is 7.64. The third-order valence-electron chi connectivity index (χ3n) is 5.26. The number of hydrogen-bond acceptors (Lipinski definition) is 4. The Bertz CT molecular complexity index is 1240. The average Bonchev–Trinajstić information content (AvgIpc) is 3.33. The number of aryl methyl sites for hydroxylation is 1. The topological polar surface area (TPSA) is 75.7 Å². The first-order chi connectivity index (χ1) is 15.3. The molecule has 1 aliphatic rings. The summed E-state index contributed by atoms with van der Waals surface area (Å²) in [6.07, 6.45) is 1.63. The van der Waals surface area contributed by atoms with Gasteiger partial charge in [0.15, 0.2) is 5.75 Å². The molecule has 1 N–H and O–H groups in total. The Morgan fingerprint density at radius 2 is 1.69 bits per heavy atom. The van der Waals surface area contributed by atoms with Crippen LogP contribution in [0.25, 0.3) is 0 Å². The molecule has 0 spiro atoms. The van der Waals surface area contributed by atoms with Crippen molar-refractivity contribution in [3.05, 3.63) is 82.9 Å². The first-order valence-electron chi connectivity index (χ1n) is 10.3. The second-order valence-corrected chi connectivity index (χ2v) is 9.94. The van der Waals surface area contributed by atoms with E-state index in [1.807, 2.05) is 37.3 Å². The van der Waals surface area contributed by atoms with Crippen molar-refractivity contribution in [3.63, 3.8) is 0 Å². The van der Waals surface area contributed by atoms with Crippen molar-refractivity contribution in [1.82, 2.24) is 4.31 Å². The molecule has 0 aromatic heterocycles. The Hall–Kier alpha value is -2.87. The van der Waals surface area contributed by atoms with Crippen LogP contribution in [0.15, 0.2) is 71.6 Å². The number of carbonyl (C=O) groups excluding carboxylic acids is 1. The molecule has 32 heavy (non-hydrogen) atoms. The van der Waals surface area contributed by atoms with Crippen molar-refractivity contribution < 1.29 is 17.9 Å². The van der Waals surface area contributed by atoms with E-state index in [4.69, 9.17) is 16.3 Å². The van der Waals surface area contributed by atoms with Crippen molar-refractivity contribution in [3.8, 4) is 11.5 Å². The Labute approximate surface area is 192 Å². The van der Waals surface area contributed by atoms with E-state index in [1.165, 1.54) is 22.5 Å². The SMILES string of the molecule is Cc1ccc(Oc2ccccc2NC(=O)c2ccc(Cl)c(S(=O)(=O)N3CCCC3)c2)cc1. The molecule has 3 aromatic carbocycles. The Kier molecular flexibility index (Phi) is 6.50. The number of halogens is 1. The molecule has 166 valence electrons. The molecule has 6 nitrogen and oxygen atoms in total. The van der Waals surface area contributed by atoms with E-state index < -0.39 is 15.9 Å². The van der Waals surface area contributed by atoms with Crippen LogP contribution in [0, 0.1) is 6.92 Å². The summed E-state index contributed by atoms with van der Waals surface area (Å²) in [5, 5.41) is 2.90. The smallest absolute Gasteiger partial charge is 0.255 e. The Morgan fingerprint density at radius 3 is 2.41 bits per heavy atom. The molecule has 1 amide bonds. The number of para-hydroxylation sites is 2. The summed E-state index contributed by atoms with van der Waals surface area (Å²) >= 11 is 6.19. The van der Waals surface area contributed by atoms with Gasteiger partial charge in [-0.1, -0.05) is 41.4 Å². The molecule has 0 saturated carbocycles. The van der Waals surface area contributed by atoms with E-state index >= 15 is 0 Å². The van der Waals surface area contributed by atoms with Crippen LogP contribution < -0.4 is 10.1 Å². The van der Waals surface area contributed by atoms with Gasteiger partial charge in [-0.15, -0.1) is 0 Å². The highest BCUT2D eigenvalue weighted by molar-refractivity contribution is 7.89. The van der Waals surface area contributed by atoms with Crippen molar-refractivity contribution in [2.24, 2.45) is 0 Å². The van der Waals surface area contributed by atoms with E-state index in [-0.39, 0.29) is 15.5 Å². The number of hydrogen-bond donors (Lipinski definition) is 1. The van der Waals surface area contributed by atoms with Gasteiger partial charge in [0.05, 0.1) is 10.7 Å². The largest absolute Gasteiger partial charge is 0.455 e. The summed E-state index contributed by atoms with van der Waals surface area (Å²) < 4.78 is 33.2. The Morgan fingerprint density at radius 1 is 1.00 bits per heavy atom. The van der Waals surface area contributed by atoms with Crippen LogP contribution in [0.3, 0.4) is 0 Å². The number of rotatable bonds is 6. The number of nitrogens with one attached hydrogen (secondary N) is 1. The molecule has 1 heterocycles. The van der Waals surface area contributed by atoms with Crippen LogP contribution in [-0.4, -0.2) is 31.7 Å². The summed E-state index contributed by atoms with van der Waals surface area (Å²) in [6.45, 7) is 2.90. The first-order valence-corrected chi connectivity index (χ1v) is 12.1. The van der Waals surface area contributed by atoms with Crippen molar-refractivity contribution in [1.29, 1.82) is 0 Å². The highest BCUT2D eigenvalue weighted by atomic mass is 35.5. The number of anilines is 1. The minimum atomic E-state index is -3.75. The number of benzene rings is 3. The van der Waals surface area contributed by atoms with Crippen LogP contribution >= 0.6 is 11.6 Å². The van der Waals surface area contributed by atoms with Crippen LogP contribution in [0.4, 0.5) is 5.69 Å². The predicted molar refractivity (Wildman–Crippen MR) is 125 cm³/mol.